The van der Waals surface area contributed by atoms with E-state index in [4.69, 9.17) is 5.11 Å². The molecule has 0 radical (unpaired) electrons. The standard InChI is InChI=1S/C10H20O/c1-8(2)6-5-7-9(3)10(4)11/h7-8,10-11H,5-6H2,1-4H3. The molecular weight excluding hydrogens is 136 g/mol. The zero-order chi connectivity index (χ0) is 8.85. The van der Waals surface area contributed by atoms with Crippen LogP contribution in [0.3, 0.4) is 0 Å². The second-order valence-electron chi connectivity index (χ2n) is 3.60. The van der Waals surface area contributed by atoms with Crippen molar-refractivity contribution in [2.45, 2.75) is 46.6 Å². The molecule has 1 N–H and O–H groups in total. The van der Waals surface area contributed by atoms with Crippen molar-refractivity contribution < 1.29 is 5.11 Å². The van der Waals surface area contributed by atoms with Crippen LogP contribution in [0.5, 0.6) is 0 Å². The minimum absolute atomic E-state index is 0.276. The van der Waals surface area contributed by atoms with Crippen molar-refractivity contribution in [1.29, 1.82) is 0 Å². The van der Waals surface area contributed by atoms with E-state index in [1.54, 1.807) is 6.92 Å². The molecule has 0 spiro atoms. The Kier molecular flexibility index (Phi) is 5.22. The van der Waals surface area contributed by atoms with Gasteiger partial charge < -0.3 is 5.11 Å². The van der Waals surface area contributed by atoms with Crippen LogP contribution in [-0.2, 0) is 0 Å². The normalized spacial score (nSPS) is 15.6. The Balaban J connectivity index is 3.57. The van der Waals surface area contributed by atoms with Crippen LogP contribution < -0.4 is 0 Å². The molecule has 11 heavy (non-hydrogen) atoms. The molecule has 0 rings (SSSR count). The Bertz CT molecular complexity index is 123. The fourth-order valence-electron chi connectivity index (χ4n) is 0.815. The summed E-state index contributed by atoms with van der Waals surface area (Å²) in [7, 11) is 0. The predicted molar refractivity (Wildman–Crippen MR) is 49.5 cm³/mol. The molecule has 0 saturated heterocycles. The maximum atomic E-state index is 9.12. The van der Waals surface area contributed by atoms with Crippen LogP contribution in [0.15, 0.2) is 11.6 Å². The highest BCUT2D eigenvalue weighted by Gasteiger charge is 1.97. The third kappa shape index (κ3) is 6.11. The van der Waals surface area contributed by atoms with Crippen molar-refractivity contribution in [3.05, 3.63) is 11.6 Å². The second-order valence-corrected chi connectivity index (χ2v) is 3.60. The van der Waals surface area contributed by atoms with Crippen LogP contribution in [0.4, 0.5) is 0 Å². The average Bonchev–Trinajstić information content (AvgIpc) is 1.86. The summed E-state index contributed by atoms with van der Waals surface area (Å²) in [6, 6.07) is 0. The van der Waals surface area contributed by atoms with Crippen LogP contribution in [0.2, 0.25) is 0 Å². The van der Waals surface area contributed by atoms with E-state index < -0.39 is 0 Å². The van der Waals surface area contributed by atoms with Crippen molar-refractivity contribution >= 4 is 0 Å². The smallest absolute Gasteiger partial charge is 0.0719 e. The van der Waals surface area contributed by atoms with E-state index >= 15 is 0 Å². The van der Waals surface area contributed by atoms with E-state index in [1.807, 2.05) is 6.92 Å². The van der Waals surface area contributed by atoms with Gasteiger partial charge >= 0.3 is 0 Å². The van der Waals surface area contributed by atoms with Gasteiger partial charge in [-0.25, -0.2) is 0 Å². The summed E-state index contributed by atoms with van der Waals surface area (Å²) in [5.41, 5.74) is 1.09. The zero-order valence-corrected chi connectivity index (χ0v) is 8.09. The number of allylic oxidation sites excluding steroid dienone is 1. The monoisotopic (exact) mass is 156 g/mol. The van der Waals surface area contributed by atoms with Gasteiger partial charge in [0.15, 0.2) is 0 Å². The van der Waals surface area contributed by atoms with E-state index in [0.717, 1.165) is 17.9 Å². The summed E-state index contributed by atoms with van der Waals surface area (Å²) < 4.78 is 0. The lowest BCUT2D eigenvalue weighted by molar-refractivity contribution is 0.231. The van der Waals surface area contributed by atoms with E-state index in [-0.39, 0.29) is 6.10 Å². The van der Waals surface area contributed by atoms with Crippen molar-refractivity contribution in [2.24, 2.45) is 5.92 Å². The molecule has 0 aromatic carbocycles. The van der Waals surface area contributed by atoms with E-state index in [2.05, 4.69) is 19.9 Å². The second kappa shape index (κ2) is 5.36. The lowest BCUT2D eigenvalue weighted by atomic mass is 10.1. The van der Waals surface area contributed by atoms with Crippen LogP contribution in [0, 0.1) is 5.92 Å². The molecule has 0 aliphatic heterocycles. The van der Waals surface area contributed by atoms with Gasteiger partial charge in [0.05, 0.1) is 6.10 Å². The molecule has 0 bridgehead atoms. The van der Waals surface area contributed by atoms with Crippen LogP contribution in [0.25, 0.3) is 0 Å². The number of aliphatic hydroxyl groups excluding tert-OH is 1. The van der Waals surface area contributed by atoms with Gasteiger partial charge in [-0.1, -0.05) is 19.9 Å². The molecule has 0 saturated carbocycles. The summed E-state index contributed by atoms with van der Waals surface area (Å²) in [5.74, 6) is 0.757. The van der Waals surface area contributed by atoms with Crippen LogP contribution >= 0.6 is 0 Å². The summed E-state index contributed by atoms with van der Waals surface area (Å²) in [4.78, 5) is 0. The third-order valence-corrected chi connectivity index (χ3v) is 1.87. The topological polar surface area (TPSA) is 20.2 Å². The Morgan fingerprint density at radius 3 is 2.27 bits per heavy atom. The number of hydrogen-bond donors (Lipinski definition) is 1. The van der Waals surface area contributed by atoms with Gasteiger partial charge in [0, 0.05) is 0 Å². The maximum Gasteiger partial charge on any atom is 0.0719 e. The molecule has 1 heteroatoms. The van der Waals surface area contributed by atoms with Gasteiger partial charge in [-0.15, -0.1) is 0 Å². The number of aliphatic hydroxyl groups is 1. The van der Waals surface area contributed by atoms with Crippen molar-refractivity contribution in [1.82, 2.24) is 0 Å². The fourth-order valence-corrected chi connectivity index (χ4v) is 0.815. The summed E-state index contributed by atoms with van der Waals surface area (Å²) in [6.07, 6.45) is 4.16. The molecule has 1 nitrogen and oxygen atoms in total. The highest BCUT2D eigenvalue weighted by atomic mass is 16.3. The molecule has 0 heterocycles. The minimum Gasteiger partial charge on any atom is -0.389 e. The first-order valence-corrected chi connectivity index (χ1v) is 4.38. The summed E-state index contributed by atoms with van der Waals surface area (Å²) in [6.45, 7) is 8.21. The molecule has 1 unspecified atom stereocenters. The largest absolute Gasteiger partial charge is 0.389 e. The highest BCUT2D eigenvalue weighted by molar-refractivity contribution is 5.02. The molecule has 0 fully saturated rings. The van der Waals surface area contributed by atoms with Gasteiger partial charge in [0.2, 0.25) is 0 Å². The lowest BCUT2D eigenvalue weighted by Gasteiger charge is -2.05. The van der Waals surface area contributed by atoms with E-state index in [1.165, 1.54) is 6.42 Å². The molecule has 0 aliphatic carbocycles. The molecule has 0 aromatic heterocycles. The van der Waals surface area contributed by atoms with Gasteiger partial charge in [-0.2, -0.15) is 0 Å². The maximum absolute atomic E-state index is 9.12. The molecule has 0 aromatic rings. The van der Waals surface area contributed by atoms with Crippen LogP contribution in [-0.4, -0.2) is 11.2 Å². The lowest BCUT2D eigenvalue weighted by Crippen LogP contribution is -2.00. The quantitative estimate of drug-likeness (QED) is 0.620. The molecule has 0 amide bonds. The molecule has 1 atom stereocenters. The van der Waals surface area contributed by atoms with Crippen molar-refractivity contribution in [3.8, 4) is 0 Å². The summed E-state index contributed by atoms with van der Waals surface area (Å²) >= 11 is 0. The SMILES string of the molecule is CC(=CCCC(C)C)C(C)O. The molecule has 0 aliphatic rings. The zero-order valence-electron chi connectivity index (χ0n) is 8.09. The van der Waals surface area contributed by atoms with E-state index in [0.29, 0.717) is 0 Å². The fraction of sp³-hybridized carbons (Fsp3) is 0.800. The predicted octanol–water partition coefficient (Wildman–Crippen LogP) is 2.75. The Hall–Kier alpha value is -0.300. The van der Waals surface area contributed by atoms with Gasteiger partial charge in [0.25, 0.3) is 0 Å². The Labute approximate surface area is 70.1 Å². The van der Waals surface area contributed by atoms with Crippen molar-refractivity contribution in [3.63, 3.8) is 0 Å². The third-order valence-electron chi connectivity index (χ3n) is 1.87. The van der Waals surface area contributed by atoms with Gasteiger partial charge in [-0.05, 0) is 38.2 Å². The average molecular weight is 156 g/mol. The Morgan fingerprint density at radius 1 is 1.36 bits per heavy atom. The van der Waals surface area contributed by atoms with Gasteiger partial charge in [0.1, 0.15) is 0 Å². The molecular formula is C10H20O. The number of hydrogen-bond acceptors (Lipinski definition) is 1. The van der Waals surface area contributed by atoms with Gasteiger partial charge in [-0.3, -0.25) is 0 Å². The summed E-state index contributed by atoms with van der Waals surface area (Å²) in [5, 5.41) is 9.12. The van der Waals surface area contributed by atoms with E-state index in [9.17, 15) is 0 Å². The van der Waals surface area contributed by atoms with Crippen molar-refractivity contribution in [2.75, 3.05) is 0 Å². The Morgan fingerprint density at radius 2 is 1.91 bits per heavy atom. The first-order chi connectivity index (χ1) is 5.04. The first-order valence-electron chi connectivity index (χ1n) is 4.38. The number of rotatable bonds is 4. The molecule has 66 valence electrons. The minimum atomic E-state index is -0.276. The highest BCUT2D eigenvalue weighted by Crippen LogP contribution is 2.08. The first kappa shape index (κ1) is 10.7. The van der Waals surface area contributed by atoms with Crippen LogP contribution in [0.1, 0.15) is 40.5 Å².